The van der Waals surface area contributed by atoms with Crippen molar-refractivity contribution in [3.8, 4) is 0 Å². The molecule has 3 rings (SSSR count). The molecular formula is C29H43ClN4O6. The van der Waals surface area contributed by atoms with E-state index in [1.807, 2.05) is 37.5 Å². The third-order valence-corrected chi connectivity index (χ3v) is 7.41. The van der Waals surface area contributed by atoms with Gasteiger partial charge in [0.25, 0.3) is 5.91 Å². The van der Waals surface area contributed by atoms with Crippen molar-refractivity contribution in [3.63, 3.8) is 0 Å². The Hall–Kier alpha value is -2.85. The van der Waals surface area contributed by atoms with E-state index in [1.54, 1.807) is 18.1 Å². The number of unbranched alkanes of at least 4 members (excludes halogenated alkanes) is 2. The first-order valence-corrected chi connectivity index (χ1v) is 14.5. The van der Waals surface area contributed by atoms with Crippen LogP contribution in [0.1, 0.15) is 63.5 Å². The molecule has 2 aromatic rings. The number of para-hydroxylation sites is 1. The Morgan fingerprint density at radius 3 is 2.58 bits per heavy atom. The number of methoxy groups -OCH3 is 2. The molecule has 1 saturated heterocycles. The van der Waals surface area contributed by atoms with Crippen LogP contribution >= 0.6 is 11.6 Å². The molecule has 0 N–H and O–H groups in total. The minimum atomic E-state index is -0.577. The number of hydrogen-bond donors (Lipinski definition) is 0. The normalized spacial score (nSPS) is 17.3. The molecule has 1 aliphatic rings. The largest absolute Gasteiger partial charge is 0.469 e. The molecule has 2 atom stereocenters. The van der Waals surface area contributed by atoms with Crippen molar-refractivity contribution in [2.45, 2.75) is 65.5 Å². The van der Waals surface area contributed by atoms with Crippen LogP contribution in [0.25, 0.3) is 11.0 Å². The lowest BCUT2D eigenvalue weighted by atomic mass is 9.92. The number of aromatic nitrogens is 2. The molecular weight excluding hydrogens is 536 g/mol. The van der Waals surface area contributed by atoms with Gasteiger partial charge in [-0.25, -0.2) is 9.78 Å². The average Bonchev–Trinajstić information content (AvgIpc) is 3.32. The van der Waals surface area contributed by atoms with Crippen LogP contribution in [0.2, 0.25) is 5.02 Å². The summed E-state index contributed by atoms with van der Waals surface area (Å²) < 4.78 is 17.6. The number of likely N-dealkylation sites (tertiary alicyclic amines) is 1. The highest BCUT2D eigenvalue weighted by molar-refractivity contribution is 6.35. The average molecular weight is 579 g/mol. The summed E-state index contributed by atoms with van der Waals surface area (Å²) in [6.45, 7) is 8.45. The van der Waals surface area contributed by atoms with Crippen LogP contribution in [0.15, 0.2) is 18.2 Å². The second-order valence-electron chi connectivity index (χ2n) is 10.7. The summed E-state index contributed by atoms with van der Waals surface area (Å²) in [5.74, 6) is -0.825. The van der Waals surface area contributed by atoms with E-state index < -0.39 is 24.0 Å². The monoisotopic (exact) mass is 578 g/mol. The van der Waals surface area contributed by atoms with Gasteiger partial charge in [0.2, 0.25) is 0 Å². The molecule has 1 aliphatic heterocycles. The lowest BCUT2D eigenvalue weighted by Gasteiger charge is -2.42. The lowest BCUT2D eigenvalue weighted by Crippen LogP contribution is -2.56. The van der Waals surface area contributed by atoms with Crippen molar-refractivity contribution in [2.75, 3.05) is 47.1 Å². The molecule has 0 unspecified atom stereocenters. The fourth-order valence-electron chi connectivity index (χ4n) is 5.12. The number of carbonyl (C=O) groups is 3. The number of nitrogens with zero attached hydrogens (tertiary/aromatic N) is 4. The summed E-state index contributed by atoms with van der Waals surface area (Å²) in [5.41, 5.74) is 1.36. The van der Waals surface area contributed by atoms with Crippen LogP contribution in [0.4, 0.5) is 4.79 Å². The van der Waals surface area contributed by atoms with Gasteiger partial charge in [0.15, 0.2) is 5.82 Å². The smallest absolute Gasteiger partial charge is 0.409 e. The third-order valence-electron chi connectivity index (χ3n) is 7.11. The van der Waals surface area contributed by atoms with Crippen LogP contribution in [-0.2, 0) is 25.5 Å². The number of fused-ring (bicyclic) bond motifs is 1. The molecule has 1 fully saturated rings. The van der Waals surface area contributed by atoms with Gasteiger partial charge < -0.3 is 28.6 Å². The fraction of sp³-hybridized carbons (Fsp3) is 0.655. The quantitative estimate of drug-likeness (QED) is 0.243. The lowest BCUT2D eigenvalue weighted by molar-refractivity contribution is -0.148. The second-order valence-corrected chi connectivity index (χ2v) is 11.1. The molecule has 11 heteroatoms. The van der Waals surface area contributed by atoms with Gasteiger partial charge in [-0.1, -0.05) is 44.9 Å². The Morgan fingerprint density at radius 1 is 1.12 bits per heavy atom. The number of benzene rings is 1. The third kappa shape index (κ3) is 7.87. The molecule has 222 valence electrons. The zero-order valence-electron chi connectivity index (χ0n) is 24.4. The summed E-state index contributed by atoms with van der Waals surface area (Å²) in [6, 6.07) is 5.10. The minimum Gasteiger partial charge on any atom is -0.469 e. The Morgan fingerprint density at radius 2 is 1.90 bits per heavy atom. The topological polar surface area (TPSA) is 103 Å². The zero-order valence-corrected chi connectivity index (χ0v) is 25.1. The standard InChI is InChI=1S/C29H43ClN4O6/c1-6-7-15-40-29(37)32-18-21(28(36)39-5)16-22(19-32)34(17-20(2)3)27(35)26-31-25-23(30)11-10-12-24(25)33(26)13-8-9-14-38-4/h10-12,20-22H,6-9,13-19H2,1-5H3/t21-,22+/m1/s1. The molecule has 1 aromatic heterocycles. The Balaban J connectivity index is 1.98. The highest BCUT2D eigenvalue weighted by Crippen LogP contribution is 2.28. The maximum Gasteiger partial charge on any atom is 0.409 e. The van der Waals surface area contributed by atoms with Crippen LogP contribution in [0.5, 0.6) is 0 Å². The van der Waals surface area contributed by atoms with Crippen LogP contribution in [0.3, 0.4) is 0 Å². The number of hydrogen-bond acceptors (Lipinski definition) is 7. The Labute approximate surface area is 241 Å². The number of piperidine rings is 1. The molecule has 0 radical (unpaired) electrons. The molecule has 0 saturated carbocycles. The Bertz CT molecular complexity index is 1150. The van der Waals surface area contributed by atoms with Crippen molar-refractivity contribution in [1.82, 2.24) is 19.4 Å². The molecule has 10 nitrogen and oxygen atoms in total. The summed E-state index contributed by atoms with van der Waals surface area (Å²) in [7, 11) is 3.00. The molecule has 40 heavy (non-hydrogen) atoms. The highest BCUT2D eigenvalue weighted by Gasteiger charge is 2.40. The SMILES string of the molecule is CCCCOC(=O)N1C[C@H](C(=O)OC)C[C@H](N(CC(C)C)C(=O)c2nc3c(Cl)cccc3n2CCCCOC)C1. The number of imidazole rings is 1. The van der Waals surface area contributed by atoms with Gasteiger partial charge in [0, 0.05) is 39.9 Å². The van der Waals surface area contributed by atoms with Crippen LogP contribution in [-0.4, -0.2) is 90.4 Å². The molecule has 2 heterocycles. The van der Waals surface area contributed by atoms with E-state index in [-0.39, 0.29) is 24.9 Å². The maximum atomic E-state index is 14.3. The number of rotatable bonds is 13. The van der Waals surface area contributed by atoms with Crippen molar-refractivity contribution < 1.29 is 28.6 Å². The van der Waals surface area contributed by atoms with Crippen molar-refractivity contribution in [2.24, 2.45) is 11.8 Å². The van der Waals surface area contributed by atoms with E-state index in [0.717, 1.165) is 31.2 Å². The van der Waals surface area contributed by atoms with Gasteiger partial charge in [-0.3, -0.25) is 9.59 Å². The summed E-state index contributed by atoms with van der Waals surface area (Å²) in [5, 5.41) is 0.474. The molecule has 0 spiro atoms. The predicted octanol–water partition coefficient (Wildman–Crippen LogP) is 5.01. The number of aryl methyl sites for hydroxylation is 1. The minimum absolute atomic E-state index is 0.135. The number of esters is 1. The van der Waals surface area contributed by atoms with E-state index in [1.165, 1.54) is 12.0 Å². The van der Waals surface area contributed by atoms with E-state index in [0.29, 0.717) is 49.1 Å². The Kier molecular flexibility index (Phi) is 12.1. The number of amides is 2. The summed E-state index contributed by atoms with van der Waals surface area (Å²) in [4.78, 5) is 47.9. The second kappa shape index (κ2) is 15.2. The molecule has 1 aromatic carbocycles. The number of halogens is 1. The van der Waals surface area contributed by atoms with Gasteiger partial charge in [-0.2, -0.15) is 0 Å². The first kappa shape index (κ1) is 31.7. The summed E-state index contributed by atoms with van der Waals surface area (Å²) in [6.07, 6.45) is 3.16. The van der Waals surface area contributed by atoms with Gasteiger partial charge in [0.1, 0.15) is 5.52 Å². The van der Waals surface area contributed by atoms with Crippen molar-refractivity contribution in [3.05, 3.63) is 29.0 Å². The van der Waals surface area contributed by atoms with Crippen molar-refractivity contribution >= 4 is 40.6 Å². The number of ether oxygens (including phenoxy) is 3. The number of carbonyl (C=O) groups excluding carboxylic acids is 3. The predicted molar refractivity (Wildman–Crippen MR) is 153 cm³/mol. The van der Waals surface area contributed by atoms with E-state index in [2.05, 4.69) is 0 Å². The van der Waals surface area contributed by atoms with Crippen LogP contribution < -0.4 is 0 Å². The van der Waals surface area contributed by atoms with Gasteiger partial charge in [-0.05, 0) is 43.7 Å². The van der Waals surface area contributed by atoms with E-state index >= 15 is 0 Å². The maximum absolute atomic E-state index is 14.3. The van der Waals surface area contributed by atoms with Gasteiger partial charge in [0.05, 0.1) is 36.2 Å². The van der Waals surface area contributed by atoms with Gasteiger partial charge >= 0.3 is 12.1 Å². The van der Waals surface area contributed by atoms with Crippen molar-refractivity contribution in [1.29, 1.82) is 0 Å². The highest BCUT2D eigenvalue weighted by atomic mass is 35.5. The first-order chi connectivity index (χ1) is 19.2. The zero-order chi connectivity index (χ0) is 29.2. The van der Waals surface area contributed by atoms with E-state index in [4.69, 9.17) is 30.8 Å². The first-order valence-electron chi connectivity index (χ1n) is 14.2. The molecule has 0 bridgehead atoms. The summed E-state index contributed by atoms with van der Waals surface area (Å²) >= 11 is 6.49. The van der Waals surface area contributed by atoms with E-state index in [9.17, 15) is 14.4 Å². The van der Waals surface area contributed by atoms with Gasteiger partial charge in [-0.15, -0.1) is 0 Å². The molecule has 0 aliphatic carbocycles. The molecule has 2 amide bonds. The van der Waals surface area contributed by atoms with Crippen LogP contribution in [0, 0.1) is 11.8 Å². The fourth-order valence-corrected chi connectivity index (χ4v) is 5.33.